The van der Waals surface area contributed by atoms with E-state index in [4.69, 9.17) is 9.47 Å². The number of nitrogens with zero attached hydrogens (tertiary/aromatic N) is 4. The van der Waals surface area contributed by atoms with E-state index >= 15 is 0 Å². The molecule has 0 bridgehead atoms. The third kappa shape index (κ3) is 2.57. The van der Waals surface area contributed by atoms with Crippen molar-refractivity contribution in [2.45, 2.75) is 32.4 Å². The maximum Gasteiger partial charge on any atom is 0.426 e. The first-order valence-corrected chi connectivity index (χ1v) is 6.63. The molecule has 106 valence electrons. The largest absolute Gasteiger partial charge is 0.426 e. The van der Waals surface area contributed by atoms with Crippen LogP contribution in [0, 0.1) is 6.92 Å². The molecule has 1 aliphatic rings. The summed E-state index contributed by atoms with van der Waals surface area (Å²) >= 11 is 0. The van der Waals surface area contributed by atoms with Gasteiger partial charge in [-0.15, -0.1) is 5.10 Å². The van der Waals surface area contributed by atoms with Gasteiger partial charge < -0.3 is 9.47 Å². The minimum atomic E-state index is -0.519. The molecule has 0 aliphatic carbocycles. The van der Waals surface area contributed by atoms with Crippen LogP contribution >= 0.6 is 0 Å². The van der Waals surface area contributed by atoms with Crippen LogP contribution in [0.2, 0.25) is 0 Å². The van der Waals surface area contributed by atoms with Gasteiger partial charge in [-0.25, -0.2) is 19.0 Å². The highest BCUT2D eigenvalue weighted by Gasteiger charge is 2.18. The minimum absolute atomic E-state index is 0.0637. The Kier molecular flexibility index (Phi) is 3.51. The van der Waals surface area contributed by atoms with Gasteiger partial charge in [0.2, 0.25) is 5.88 Å². The van der Waals surface area contributed by atoms with Crippen molar-refractivity contribution >= 4 is 6.09 Å². The number of carbonyl (C=O) groups is 1. The molecule has 20 heavy (non-hydrogen) atoms. The van der Waals surface area contributed by atoms with Crippen molar-refractivity contribution in [2.75, 3.05) is 6.61 Å². The van der Waals surface area contributed by atoms with E-state index in [0.29, 0.717) is 5.82 Å². The van der Waals surface area contributed by atoms with Gasteiger partial charge in [0.05, 0.1) is 0 Å². The van der Waals surface area contributed by atoms with E-state index in [2.05, 4.69) is 10.1 Å². The quantitative estimate of drug-likeness (QED) is 0.840. The average Bonchev–Trinajstić information content (AvgIpc) is 3.09. The molecule has 2 aromatic heterocycles. The number of imidazole rings is 1. The smallest absolute Gasteiger partial charge is 0.389 e. The lowest BCUT2D eigenvalue weighted by molar-refractivity contribution is -0.0398. The van der Waals surface area contributed by atoms with Gasteiger partial charge in [-0.2, -0.15) is 0 Å². The number of hydrogen-bond donors (Lipinski definition) is 0. The Hall–Kier alpha value is -2.15. The SMILES string of the molecule is Cc1nccn1C(=O)Oc1ccn(C2CCCCO2)n1. The van der Waals surface area contributed by atoms with E-state index < -0.39 is 6.09 Å². The van der Waals surface area contributed by atoms with Crippen molar-refractivity contribution in [1.82, 2.24) is 19.3 Å². The summed E-state index contributed by atoms with van der Waals surface area (Å²) in [6, 6.07) is 1.65. The zero-order chi connectivity index (χ0) is 13.9. The third-order valence-corrected chi connectivity index (χ3v) is 3.25. The Bertz CT molecular complexity index is 598. The van der Waals surface area contributed by atoms with Gasteiger partial charge in [-0.05, 0) is 26.2 Å². The van der Waals surface area contributed by atoms with Crippen molar-refractivity contribution in [3.05, 3.63) is 30.5 Å². The lowest BCUT2D eigenvalue weighted by Gasteiger charge is -2.22. The van der Waals surface area contributed by atoms with Gasteiger partial charge in [0, 0.05) is 31.3 Å². The van der Waals surface area contributed by atoms with Crippen LogP contribution in [0.1, 0.15) is 31.3 Å². The molecule has 1 aliphatic heterocycles. The lowest BCUT2D eigenvalue weighted by Crippen LogP contribution is -2.20. The number of aryl methyl sites for hydroxylation is 1. The number of ether oxygens (including phenoxy) is 2. The van der Waals surface area contributed by atoms with Crippen LogP contribution in [0.4, 0.5) is 4.79 Å². The van der Waals surface area contributed by atoms with Gasteiger partial charge in [-0.3, -0.25) is 0 Å². The molecule has 0 spiro atoms. The first kappa shape index (κ1) is 12.9. The van der Waals surface area contributed by atoms with Crippen LogP contribution < -0.4 is 4.74 Å². The van der Waals surface area contributed by atoms with Crippen molar-refractivity contribution < 1.29 is 14.3 Å². The molecule has 7 heteroatoms. The van der Waals surface area contributed by atoms with Gasteiger partial charge in [0.15, 0.2) is 0 Å². The second kappa shape index (κ2) is 5.46. The maximum atomic E-state index is 11.9. The van der Waals surface area contributed by atoms with Gasteiger partial charge in [-0.1, -0.05) is 0 Å². The van der Waals surface area contributed by atoms with Gasteiger partial charge in [0.25, 0.3) is 0 Å². The Balaban J connectivity index is 1.68. The summed E-state index contributed by atoms with van der Waals surface area (Å²) in [6.45, 7) is 2.48. The molecule has 0 amide bonds. The van der Waals surface area contributed by atoms with E-state index in [-0.39, 0.29) is 12.1 Å². The lowest BCUT2D eigenvalue weighted by atomic mass is 10.2. The zero-order valence-electron chi connectivity index (χ0n) is 11.2. The van der Waals surface area contributed by atoms with Crippen molar-refractivity contribution in [2.24, 2.45) is 0 Å². The molecule has 0 radical (unpaired) electrons. The molecular weight excluding hydrogens is 260 g/mol. The minimum Gasteiger partial charge on any atom is -0.389 e. The Labute approximate surface area is 116 Å². The summed E-state index contributed by atoms with van der Waals surface area (Å²) in [5, 5.41) is 4.23. The van der Waals surface area contributed by atoms with E-state index in [9.17, 15) is 4.79 Å². The average molecular weight is 276 g/mol. The first-order chi connectivity index (χ1) is 9.74. The molecule has 1 saturated heterocycles. The zero-order valence-corrected chi connectivity index (χ0v) is 11.2. The molecule has 3 heterocycles. The fraction of sp³-hybridized carbons (Fsp3) is 0.462. The predicted molar refractivity (Wildman–Crippen MR) is 69.5 cm³/mol. The van der Waals surface area contributed by atoms with Crippen LogP contribution in [0.15, 0.2) is 24.7 Å². The van der Waals surface area contributed by atoms with E-state index in [1.165, 1.54) is 4.57 Å². The van der Waals surface area contributed by atoms with Crippen LogP contribution in [0.5, 0.6) is 5.88 Å². The normalized spacial score (nSPS) is 18.9. The number of carbonyl (C=O) groups excluding carboxylic acids is 1. The number of hydrogen-bond acceptors (Lipinski definition) is 5. The molecule has 7 nitrogen and oxygen atoms in total. The number of aromatic nitrogens is 4. The van der Waals surface area contributed by atoms with Crippen LogP contribution in [-0.2, 0) is 4.74 Å². The van der Waals surface area contributed by atoms with Crippen LogP contribution in [0.25, 0.3) is 0 Å². The molecular formula is C13H16N4O3. The molecule has 1 fully saturated rings. The molecule has 0 N–H and O–H groups in total. The fourth-order valence-electron chi connectivity index (χ4n) is 2.18. The van der Waals surface area contributed by atoms with E-state index in [1.54, 1.807) is 36.3 Å². The second-order valence-corrected chi connectivity index (χ2v) is 4.67. The second-order valence-electron chi connectivity index (χ2n) is 4.67. The van der Waals surface area contributed by atoms with Crippen molar-refractivity contribution in [1.29, 1.82) is 0 Å². The summed E-state index contributed by atoms with van der Waals surface area (Å²) in [5.41, 5.74) is 0. The topological polar surface area (TPSA) is 71.2 Å². The molecule has 1 atom stereocenters. The van der Waals surface area contributed by atoms with Gasteiger partial charge >= 0.3 is 6.09 Å². The highest BCUT2D eigenvalue weighted by atomic mass is 16.6. The molecule has 0 aromatic carbocycles. The standard InChI is InChI=1S/C13H16N4O3/c1-10-14-6-8-16(10)13(18)20-11-5-7-17(15-11)12-4-2-3-9-19-12/h5-8,12H,2-4,9H2,1H3. The highest BCUT2D eigenvalue weighted by Crippen LogP contribution is 2.23. The maximum absolute atomic E-state index is 11.9. The third-order valence-electron chi connectivity index (χ3n) is 3.25. The molecule has 0 saturated carbocycles. The molecule has 3 rings (SSSR count). The van der Waals surface area contributed by atoms with Gasteiger partial charge in [0.1, 0.15) is 12.1 Å². The monoisotopic (exact) mass is 276 g/mol. The summed E-state index contributed by atoms with van der Waals surface area (Å²) < 4.78 is 13.9. The van der Waals surface area contributed by atoms with E-state index in [1.807, 2.05) is 0 Å². The predicted octanol–water partition coefficient (Wildman–Crippen LogP) is 2.13. The summed E-state index contributed by atoms with van der Waals surface area (Å²) in [7, 11) is 0. The fourth-order valence-corrected chi connectivity index (χ4v) is 2.18. The molecule has 2 aromatic rings. The van der Waals surface area contributed by atoms with Crippen LogP contribution in [-0.4, -0.2) is 32.0 Å². The van der Waals surface area contributed by atoms with E-state index in [0.717, 1.165) is 25.9 Å². The Morgan fingerprint density at radius 2 is 2.35 bits per heavy atom. The summed E-state index contributed by atoms with van der Waals surface area (Å²) in [6.07, 6.45) is 7.41. The first-order valence-electron chi connectivity index (χ1n) is 6.63. The number of rotatable bonds is 2. The Morgan fingerprint density at radius 3 is 3.05 bits per heavy atom. The summed E-state index contributed by atoms with van der Waals surface area (Å²) in [5.74, 6) is 0.835. The molecule has 1 unspecified atom stereocenters. The highest BCUT2D eigenvalue weighted by molar-refractivity contribution is 5.73. The Morgan fingerprint density at radius 1 is 1.45 bits per heavy atom. The van der Waals surface area contributed by atoms with Crippen LogP contribution in [0.3, 0.4) is 0 Å². The summed E-state index contributed by atoms with van der Waals surface area (Å²) in [4.78, 5) is 15.9. The van der Waals surface area contributed by atoms with Crippen molar-refractivity contribution in [3.8, 4) is 5.88 Å². The van der Waals surface area contributed by atoms with Crippen molar-refractivity contribution in [3.63, 3.8) is 0 Å².